The van der Waals surface area contributed by atoms with Crippen LogP contribution in [0.5, 0.6) is 0 Å². The minimum Gasteiger partial charge on any atom is -0.360 e. The molecule has 0 aliphatic carbocycles. The minimum absolute atomic E-state index is 0.0828. The summed E-state index contributed by atoms with van der Waals surface area (Å²) in [6, 6.07) is 2.55. The highest BCUT2D eigenvalue weighted by molar-refractivity contribution is 7.99. The normalized spacial score (nSPS) is 15.4. The Morgan fingerprint density at radius 3 is 2.76 bits per heavy atom. The SMILES string of the molecule is Cc1cc(F)cc2c(=O)c(C(=O)N3CCSCC3)c[nH]c12. The number of amides is 1. The number of carbonyl (C=O) groups excluding carboxylic acids is 1. The van der Waals surface area contributed by atoms with Gasteiger partial charge in [0.05, 0.1) is 5.52 Å². The van der Waals surface area contributed by atoms with Crippen molar-refractivity contribution in [1.82, 2.24) is 9.88 Å². The molecule has 2 heterocycles. The summed E-state index contributed by atoms with van der Waals surface area (Å²) in [5, 5.41) is 0.227. The van der Waals surface area contributed by atoms with Crippen LogP contribution in [0.4, 0.5) is 4.39 Å². The average Bonchev–Trinajstić information content (AvgIpc) is 2.48. The van der Waals surface area contributed by atoms with E-state index in [2.05, 4.69) is 4.98 Å². The second-order valence-corrected chi connectivity index (χ2v) is 6.31. The van der Waals surface area contributed by atoms with Gasteiger partial charge in [-0.2, -0.15) is 11.8 Å². The van der Waals surface area contributed by atoms with E-state index in [4.69, 9.17) is 0 Å². The monoisotopic (exact) mass is 306 g/mol. The van der Waals surface area contributed by atoms with Gasteiger partial charge in [-0.3, -0.25) is 9.59 Å². The fourth-order valence-electron chi connectivity index (χ4n) is 2.56. The maximum Gasteiger partial charge on any atom is 0.259 e. The van der Waals surface area contributed by atoms with Crippen LogP contribution < -0.4 is 5.43 Å². The van der Waals surface area contributed by atoms with Crippen molar-refractivity contribution in [3.63, 3.8) is 0 Å². The van der Waals surface area contributed by atoms with Crippen molar-refractivity contribution in [3.8, 4) is 0 Å². The van der Waals surface area contributed by atoms with E-state index < -0.39 is 11.2 Å². The van der Waals surface area contributed by atoms with Gasteiger partial charge in [0.25, 0.3) is 5.91 Å². The Labute approximate surface area is 125 Å². The lowest BCUT2D eigenvalue weighted by molar-refractivity contribution is 0.0771. The quantitative estimate of drug-likeness (QED) is 0.878. The molecule has 1 fully saturated rings. The number of aromatic amines is 1. The van der Waals surface area contributed by atoms with E-state index in [0.717, 1.165) is 11.5 Å². The summed E-state index contributed by atoms with van der Waals surface area (Å²) in [5.41, 5.74) is 0.900. The lowest BCUT2D eigenvalue weighted by Crippen LogP contribution is -2.40. The Morgan fingerprint density at radius 1 is 1.33 bits per heavy atom. The van der Waals surface area contributed by atoms with E-state index in [1.165, 1.54) is 18.3 Å². The number of thioether (sulfide) groups is 1. The number of rotatable bonds is 1. The number of H-pyrrole nitrogens is 1. The summed E-state index contributed by atoms with van der Waals surface area (Å²) in [4.78, 5) is 29.6. The summed E-state index contributed by atoms with van der Waals surface area (Å²) < 4.78 is 13.5. The van der Waals surface area contributed by atoms with E-state index in [9.17, 15) is 14.0 Å². The molecule has 0 unspecified atom stereocenters. The van der Waals surface area contributed by atoms with Crippen LogP contribution in [0.1, 0.15) is 15.9 Å². The first kappa shape index (κ1) is 14.1. The lowest BCUT2D eigenvalue weighted by Gasteiger charge is -2.26. The molecule has 1 aromatic carbocycles. The molecule has 1 saturated heterocycles. The predicted molar refractivity (Wildman–Crippen MR) is 82.5 cm³/mol. The maximum absolute atomic E-state index is 13.5. The van der Waals surface area contributed by atoms with Crippen molar-refractivity contribution >= 4 is 28.6 Å². The van der Waals surface area contributed by atoms with Crippen LogP contribution in [-0.4, -0.2) is 40.4 Å². The molecule has 0 bridgehead atoms. The largest absolute Gasteiger partial charge is 0.360 e. The number of aryl methyl sites for hydroxylation is 1. The summed E-state index contributed by atoms with van der Waals surface area (Å²) in [6.45, 7) is 3.01. The van der Waals surface area contributed by atoms with Gasteiger partial charge in [0.2, 0.25) is 5.43 Å². The van der Waals surface area contributed by atoms with Crippen molar-refractivity contribution in [2.24, 2.45) is 0 Å². The second kappa shape index (κ2) is 5.52. The number of carbonyl (C=O) groups is 1. The van der Waals surface area contributed by atoms with E-state index in [0.29, 0.717) is 24.2 Å². The molecule has 1 aliphatic rings. The van der Waals surface area contributed by atoms with Gasteiger partial charge >= 0.3 is 0 Å². The highest BCUT2D eigenvalue weighted by Crippen LogP contribution is 2.17. The highest BCUT2D eigenvalue weighted by atomic mass is 32.2. The van der Waals surface area contributed by atoms with Crippen LogP contribution in [0.15, 0.2) is 23.1 Å². The molecule has 4 nitrogen and oxygen atoms in total. The van der Waals surface area contributed by atoms with E-state index in [-0.39, 0.29) is 16.9 Å². The molecule has 1 aliphatic heterocycles. The molecule has 21 heavy (non-hydrogen) atoms. The van der Waals surface area contributed by atoms with Crippen LogP contribution in [-0.2, 0) is 0 Å². The Morgan fingerprint density at radius 2 is 2.05 bits per heavy atom. The van der Waals surface area contributed by atoms with Gasteiger partial charge in [-0.25, -0.2) is 4.39 Å². The third-order valence-electron chi connectivity index (χ3n) is 3.68. The van der Waals surface area contributed by atoms with Crippen LogP contribution >= 0.6 is 11.8 Å². The van der Waals surface area contributed by atoms with Crippen molar-refractivity contribution in [3.05, 3.63) is 45.5 Å². The molecule has 3 rings (SSSR count). The highest BCUT2D eigenvalue weighted by Gasteiger charge is 2.22. The maximum atomic E-state index is 13.5. The van der Waals surface area contributed by atoms with Crippen molar-refractivity contribution in [2.45, 2.75) is 6.92 Å². The van der Waals surface area contributed by atoms with Crippen LogP contribution in [0, 0.1) is 12.7 Å². The van der Waals surface area contributed by atoms with Gasteiger partial charge in [-0.1, -0.05) is 0 Å². The molecular formula is C15H15FN2O2S. The van der Waals surface area contributed by atoms with Crippen LogP contribution in [0.25, 0.3) is 10.9 Å². The molecular weight excluding hydrogens is 291 g/mol. The fraction of sp³-hybridized carbons (Fsp3) is 0.333. The molecule has 2 aromatic rings. The first-order valence-electron chi connectivity index (χ1n) is 6.76. The first-order chi connectivity index (χ1) is 10.1. The molecule has 1 amide bonds. The number of benzene rings is 1. The number of nitrogens with zero attached hydrogens (tertiary/aromatic N) is 1. The van der Waals surface area contributed by atoms with Crippen LogP contribution in [0.3, 0.4) is 0 Å². The van der Waals surface area contributed by atoms with Crippen molar-refractivity contribution < 1.29 is 9.18 Å². The average molecular weight is 306 g/mol. The topological polar surface area (TPSA) is 53.2 Å². The Hall–Kier alpha value is -1.82. The van der Waals surface area contributed by atoms with Gasteiger partial charge in [-0.05, 0) is 24.6 Å². The number of halogens is 1. The van der Waals surface area contributed by atoms with E-state index >= 15 is 0 Å². The zero-order valence-electron chi connectivity index (χ0n) is 11.6. The summed E-state index contributed by atoms with van der Waals surface area (Å²) in [7, 11) is 0. The Bertz CT molecular complexity index is 766. The number of aromatic nitrogens is 1. The van der Waals surface area contributed by atoms with Gasteiger partial charge < -0.3 is 9.88 Å². The number of hydrogen-bond acceptors (Lipinski definition) is 3. The molecule has 1 aromatic heterocycles. The third-order valence-corrected chi connectivity index (χ3v) is 4.62. The smallest absolute Gasteiger partial charge is 0.259 e. The van der Waals surface area contributed by atoms with E-state index in [1.54, 1.807) is 23.6 Å². The molecule has 110 valence electrons. The van der Waals surface area contributed by atoms with Crippen LogP contribution in [0.2, 0.25) is 0 Å². The standard InChI is InChI=1S/C15H15FN2O2S/c1-9-6-10(16)7-11-13(9)17-8-12(14(11)19)15(20)18-2-4-21-5-3-18/h6-8H,2-5H2,1H3,(H,17,19). The number of nitrogens with one attached hydrogen (secondary N) is 1. The zero-order chi connectivity index (χ0) is 15.0. The second-order valence-electron chi connectivity index (χ2n) is 5.08. The van der Waals surface area contributed by atoms with Gasteiger partial charge in [0.1, 0.15) is 11.4 Å². The molecule has 0 spiro atoms. The molecule has 0 saturated carbocycles. The minimum atomic E-state index is -0.468. The third kappa shape index (κ3) is 2.55. The summed E-state index contributed by atoms with van der Waals surface area (Å²) >= 11 is 1.79. The predicted octanol–water partition coefficient (Wildman–Crippen LogP) is 2.16. The fourth-order valence-corrected chi connectivity index (χ4v) is 3.47. The van der Waals surface area contributed by atoms with Gasteiger partial charge in [-0.15, -0.1) is 0 Å². The van der Waals surface area contributed by atoms with Gasteiger partial charge in [0, 0.05) is 36.2 Å². The van der Waals surface area contributed by atoms with Crippen molar-refractivity contribution in [2.75, 3.05) is 24.6 Å². The first-order valence-corrected chi connectivity index (χ1v) is 7.92. The van der Waals surface area contributed by atoms with Gasteiger partial charge in [0.15, 0.2) is 0 Å². The number of pyridine rings is 1. The zero-order valence-corrected chi connectivity index (χ0v) is 12.4. The van der Waals surface area contributed by atoms with E-state index in [1.807, 2.05) is 0 Å². The Kier molecular flexibility index (Phi) is 3.71. The molecule has 1 N–H and O–H groups in total. The summed E-state index contributed by atoms with van der Waals surface area (Å²) in [5.74, 6) is 1.01. The number of hydrogen-bond donors (Lipinski definition) is 1. The molecule has 0 atom stereocenters. The molecule has 6 heteroatoms. The number of fused-ring (bicyclic) bond motifs is 1. The lowest BCUT2D eigenvalue weighted by atomic mass is 10.1. The van der Waals surface area contributed by atoms with Crippen molar-refractivity contribution in [1.29, 1.82) is 0 Å². The Balaban J connectivity index is 2.09. The molecule has 0 radical (unpaired) electrons. The summed E-state index contributed by atoms with van der Waals surface area (Å²) in [6.07, 6.45) is 1.44.